The van der Waals surface area contributed by atoms with Gasteiger partial charge in [-0.15, -0.1) is 0 Å². The largest absolute Gasteiger partial charge is 0.379 e. The third kappa shape index (κ3) is 4.48. The minimum atomic E-state index is -0.524. The molecule has 1 nitrogen and oxygen atoms in total. The van der Waals surface area contributed by atoms with E-state index in [2.05, 4.69) is 25.7 Å². The van der Waals surface area contributed by atoms with Crippen molar-refractivity contribution in [3.8, 4) is 11.8 Å². The lowest BCUT2D eigenvalue weighted by Gasteiger charge is -2.04. The van der Waals surface area contributed by atoms with Gasteiger partial charge in [0, 0.05) is 11.5 Å². The predicted molar refractivity (Wildman–Crippen MR) is 88.9 cm³/mol. The molecular formula is C20H26O. The highest BCUT2D eigenvalue weighted by atomic mass is 16.3. The fourth-order valence-electron chi connectivity index (χ4n) is 2.85. The standard InChI is InChI=1S/C20H26O/c1-3-5-12-17-18(13-6-4-2)20(17)19(21)15-14-16-10-8-7-9-11-16/h7-11,19-21H,3-6,12-13H2,1-2H3. The molecule has 1 heteroatoms. The van der Waals surface area contributed by atoms with Gasteiger partial charge < -0.3 is 5.11 Å². The van der Waals surface area contributed by atoms with Crippen molar-refractivity contribution in [1.29, 1.82) is 0 Å². The van der Waals surface area contributed by atoms with Crippen LogP contribution in [0.25, 0.3) is 0 Å². The van der Waals surface area contributed by atoms with Crippen LogP contribution in [0.4, 0.5) is 0 Å². The summed E-state index contributed by atoms with van der Waals surface area (Å²) in [5, 5.41) is 10.4. The Balaban J connectivity index is 1.96. The molecule has 21 heavy (non-hydrogen) atoms. The Labute approximate surface area is 129 Å². The van der Waals surface area contributed by atoms with Crippen LogP contribution in [0.3, 0.4) is 0 Å². The molecule has 1 unspecified atom stereocenters. The molecule has 0 heterocycles. The van der Waals surface area contributed by atoms with Gasteiger partial charge in [-0.2, -0.15) is 0 Å². The molecule has 112 valence electrons. The summed E-state index contributed by atoms with van der Waals surface area (Å²) in [4.78, 5) is 0. The molecule has 2 rings (SSSR count). The highest BCUT2D eigenvalue weighted by Gasteiger charge is 2.39. The summed E-state index contributed by atoms with van der Waals surface area (Å²) in [6, 6.07) is 9.90. The summed E-state index contributed by atoms with van der Waals surface area (Å²) >= 11 is 0. The molecule has 0 aromatic heterocycles. The average Bonchev–Trinajstić information content (AvgIpc) is 3.22. The number of benzene rings is 1. The Morgan fingerprint density at radius 3 is 2.10 bits per heavy atom. The second-order valence-corrected chi connectivity index (χ2v) is 5.82. The van der Waals surface area contributed by atoms with Crippen molar-refractivity contribution in [3.63, 3.8) is 0 Å². The summed E-state index contributed by atoms with van der Waals surface area (Å²) < 4.78 is 0. The second kappa shape index (κ2) is 8.05. The van der Waals surface area contributed by atoms with Crippen LogP contribution in [-0.2, 0) is 0 Å². The van der Waals surface area contributed by atoms with Crippen LogP contribution >= 0.6 is 0 Å². The molecule has 0 radical (unpaired) electrons. The van der Waals surface area contributed by atoms with Crippen molar-refractivity contribution in [2.75, 3.05) is 0 Å². The molecule has 1 N–H and O–H groups in total. The Morgan fingerprint density at radius 2 is 1.57 bits per heavy atom. The molecule has 1 atom stereocenters. The average molecular weight is 282 g/mol. The van der Waals surface area contributed by atoms with Gasteiger partial charge in [-0.05, 0) is 37.8 Å². The van der Waals surface area contributed by atoms with Crippen molar-refractivity contribution in [2.45, 2.75) is 58.5 Å². The van der Waals surface area contributed by atoms with Crippen LogP contribution in [-0.4, -0.2) is 11.2 Å². The van der Waals surface area contributed by atoms with Crippen LogP contribution in [0, 0.1) is 17.8 Å². The summed E-state index contributed by atoms with van der Waals surface area (Å²) in [6.07, 6.45) is 6.63. The molecule has 0 saturated carbocycles. The van der Waals surface area contributed by atoms with Crippen LogP contribution < -0.4 is 0 Å². The summed E-state index contributed by atoms with van der Waals surface area (Å²) in [5.74, 6) is 6.38. The minimum Gasteiger partial charge on any atom is -0.379 e. The zero-order valence-corrected chi connectivity index (χ0v) is 13.2. The van der Waals surface area contributed by atoms with Gasteiger partial charge in [0.25, 0.3) is 0 Å². The molecular weight excluding hydrogens is 256 g/mol. The van der Waals surface area contributed by atoms with E-state index in [1.165, 1.54) is 36.8 Å². The van der Waals surface area contributed by atoms with E-state index >= 15 is 0 Å². The molecule has 1 aromatic carbocycles. The Kier molecular flexibility index (Phi) is 6.08. The molecule has 0 amide bonds. The first-order valence-electron chi connectivity index (χ1n) is 8.24. The number of hydrogen-bond donors (Lipinski definition) is 1. The van der Waals surface area contributed by atoms with Gasteiger partial charge in [0.15, 0.2) is 0 Å². The SMILES string of the molecule is CCCCC1=C(CCCC)C1C(O)C#Cc1ccccc1. The van der Waals surface area contributed by atoms with E-state index in [9.17, 15) is 5.11 Å². The van der Waals surface area contributed by atoms with Gasteiger partial charge in [-0.25, -0.2) is 0 Å². The lowest BCUT2D eigenvalue weighted by atomic mass is 10.1. The monoisotopic (exact) mass is 282 g/mol. The molecule has 1 aliphatic rings. The van der Waals surface area contributed by atoms with Crippen molar-refractivity contribution >= 4 is 0 Å². The van der Waals surface area contributed by atoms with Crippen LogP contribution in [0.15, 0.2) is 41.5 Å². The van der Waals surface area contributed by atoms with E-state index in [1.54, 1.807) is 0 Å². The Bertz CT molecular complexity index is 512. The van der Waals surface area contributed by atoms with Gasteiger partial charge in [-0.1, -0.05) is 67.9 Å². The fraction of sp³-hybridized carbons (Fsp3) is 0.500. The van der Waals surface area contributed by atoms with Gasteiger partial charge in [0.2, 0.25) is 0 Å². The predicted octanol–water partition coefficient (Wildman–Crippen LogP) is 4.71. The fourth-order valence-corrected chi connectivity index (χ4v) is 2.85. The van der Waals surface area contributed by atoms with Gasteiger partial charge in [0.1, 0.15) is 6.10 Å². The quantitative estimate of drug-likeness (QED) is 0.567. The normalized spacial score (nSPS) is 15.6. The van der Waals surface area contributed by atoms with Crippen molar-refractivity contribution in [3.05, 3.63) is 47.0 Å². The van der Waals surface area contributed by atoms with Gasteiger partial charge in [-0.3, -0.25) is 0 Å². The zero-order chi connectivity index (χ0) is 15.1. The molecule has 0 spiro atoms. The van der Waals surface area contributed by atoms with Crippen LogP contribution in [0.1, 0.15) is 57.9 Å². The first-order chi connectivity index (χ1) is 10.3. The van der Waals surface area contributed by atoms with Gasteiger partial charge in [0.05, 0.1) is 0 Å². The first-order valence-corrected chi connectivity index (χ1v) is 8.24. The van der Waals surface area contributed by atoms with E-state index in [0.717, 1.165) is 18.4 Å². The van der Waals surface area contributed by atoms with E-state index < -0.39 is 6.10 Å². The van der Waals surface area contributed by atoms with E-state index in [1.807, 2.05) is 30.3 Å². The van der Waals surface area contributed by atoms with Crippen LogP contribution in [0.2, 0.25) is 0 Å². The van der Waals surface area contributed by atoms with E-state index in [-0.39, 0.29) is 5.92 Å². The number of hydrogen-bond acceptors (Lipinski definition) is 1. The highest BCUT2D eigenvalue weighted by Crippen LogP contribution is 2.47. The molecule has 0 saturated heterocycles. The van der Waals surface area contributed by atoms with Crippen molar-refractivity contribution in [1.82, 2.24) is 0 Å². The number of aliphatic hydroxyl groups excluding tert-OH is 1. The first kappa shape index (κ1) is 15.9. The minimum absolute atomic E-state index is 0.249. The summed E-state index contributed by atoms with van der Waals surface area (Å²) in [6.45, 7) is 4.44. The van der Waals surface area contributed by atoms with Crippen molar-refractivity contribution in [2.24, 2.45) is 5.92 Å². The smallest absolute Gasteiger partial charge is 0.125 e. The lowest BCUT2D eigenvalue weighted by Crippen LogP contribution is -2.10. The van der Waals surface area contributed by atoms with Gasteiger partial charge >= 0.3 is 0 Å². The van der Waals surface area contributed by atoms with E-state index in [4.69, 9.17) is 0 Å². The molecule has 0 bridgehead atoms. The maximum atomic E-state index is 10.4. The summed E-state index contributed by atoms with van der Waals surface area (Å²) in [5.41, 5.74) is 3.95. The second-order valence-electron chi connectivity index (χ2n) is 5.82. The Morgan fingerprint density at radius 1 is 1.00 bits per heavy atom. The molecule has 1 aliphatic carbocycles. The van der Waals surface area contributed by atoms with Crippen LogP contribution in [0.5, 0.6) is 0 Å². The molecule has 0 aliphatic heterocycles. The third-order valence-electron chi connectivity index (χ3n) is 4.13. The zero-order valence-electron chi connectivity index (χ0n) is 13.2. The number of rotatable bonds is 7. The number of unbranched alkanes of at least 4 members (excludes halogenated alkanes) is 2. The number of aliphatic hydroxyl groups is 1. The third-order valence-corrected chi connectivity index (χ3v) is 4.13. The maximum Gasteiger partial charge on any atom is 0.125 e. The molecule has 1 aromatic rings. The highest BCUT2D eigenvalue weighted by molar-refractivity contribution is 5.46. The summed E-state index contributed by atoms with van der Waals surface area (Å²) in [7, 11) is 0. The lowest BCUT2D eigenvalue weighted by molar-refractivity contribution is 0.211. The Hall–Kier alpha value is -1.52. The topological polar surface area (TPSA) is 20.2 Å². The van der Waals surface area contributed by atoms with Crippen molar-refractivity contribution < 1.29 is 5.11 Å². The van der Waals surface area contributed by atoms with E-state index in [0.29, 0.717) is 0 Å². The molecule has 0 fully saturated rings. The maximum absolute atomic E-state index is 10.4.